The Kier molecular flexibility index (Phi) is 7.75. The van der Waals surface area contributed by atoms with Gasteiger partial charge in [-0.3, -0.25) is 4.98 Å². The Morgan fingerprint density at radius 1 is 0.933 bits per heavy atom. The molecule has 0 aliphatic heterocycles. The Morgan fingerprint density at radius 2 is 1.63 bits per heavy atom. The Hall–Kier alpha value is -2.52. The summed E-state index contributed by atoms with van der Waals surface area (Å²) < 4.78 is 13.6. The molecule has 1 aromatic heterocycles. The van der Waals surface area contributed by atoms with Crippen LogP contribution in [0.1, 0.15) is 74.0 Å². The molecule has 0 amide bonds. The zero-order valence-corrected chi connectivity index (χ0v) is 18.3. The molecule has 0 unspecified atom stereocenters. The van der Waals surface area contributed by atoms with Crippen molar-refractivity contribution in [1.82, 2.24) is 4.98 Å². The van der Waals surface area contributed by atoms with Crippen LogP contribution in [0.4, 0.5) is 4.39 Å². The standard InChI is InChI=1S/C27H32FNO/c1-4-5-7-12-23-25(17-20-10-8-6-9-11-20)29-27(19(2)3)24(18-30)26(23)21-13-15-22(28)16-14-21/h6,8-11,13-16,19,30H,4-5,7,12,17-18H2,1-3H3. The van der Waals surface area contributed by atoms with E-state index in [1.165, 1.54) is 23.3 Å². The normalized spacial score (nSPS) is 11.3. The minimum Gasteiger partial charge on any atom is -0.392 e. The molecule has 0 fully saturated rings. The van der Waals surface area contributed by atoms with Crippen molar-refractivity contribution in [2.45, 2.75) is 65.4 Å². The van der Waals surface area contributed by atoms with Gasteiger partial charge in [0.2, 0.25) is 0 Å². The molecule has 2 nitrogen and oxygen atoms in total. The van der Waals surface area contributed by atoms with Crippen LogP contribution in [0.3, 0.4) is 0 Å². The lowest BCUT2D eigenvalue weighted by Gasteiger charge is -2.23. The first-order valence-electron chi connectivity index (χ1n) is 11.0. The number of rotatable bonds is 9. The fourth-order valence-corrected chi connectivity index (χ4v) is 4.09. The van der Waals surface area contributed by atoms with Crippen LogP contribution in [0.25, 0.3) is 11.1 Å². The molecule has 3 aromatic rings. The first-order chi connectivity index (χ1) is 14.5. The number of hydrogen-bond acceptors (Lipinski definition) is 2. The maximum atomic E-state index is 13.6. The van der Waals surface area contributed by atoms with Crippen LogP contribution >= 0.6 is 0 Å². The van der Waals surface area contributed by atoms with Crippen molar-refractivity contribution in [2.24, 2.45) is 0 Å². The summed E-state index contributed by atoms with van der Waals surface area (Å²) >= 11 is 0. The average Bonchev–Trinajstić information content (AvgIpc) is 2.75. The van der Waals surface area contributed by atoms with Crippen LogP contribution in [0.2, 0.25) is 0 Å². The first kappa shape index (κ1) is 22.2. The van der Waals surface area contributed by atoms with Crippen molar-refractivity contribution in [3.8, 4) is 11.1 Å². The maximum Gasteiger partial charge on any atom is 0.123 e. The molecule has 0 bridgehead atoms. The van der Waals surface area contributed by atoms with Crippen LogP contribution in [-0.2, 0) is 19.4 Å². The summed E-state index contributed by atoms with van der Waals surface area (Å²) in [5.41, 5.74) is 7.27. The second kappa shape index (κ2) is 10.5. The molecular formula is C27H32FNO. The predicted octanol–water partition coefficient (Wildman–Crippen LogP) is 6.83. The fraction of sp³-hybridized carbons (Fsp3) is 0.370. The zero-order valence-electron chi connectivity index (χ0n) is 18.3. The maximum absolute atomic E-state index is 13.6. The third-order valence-corrected chi connectivity index (χ3v) is 5.60. The number of nitrogens with zero attached hydrogens (tertiary/aromatic N) is 1. The molecule has 2 aromatic carbocycles. The Balaban J connectivity index is 2.24. The SMILES string of the molecule is CCCCCc1c(Cc2ccccc2)nc(C(C)C)c(CO)c1-c1ccc(F)cc1. The second-order valence-electron chi connectivity index (χ2n) is 8.22. The molecule has 1 N–H and O–H groups in total. The smallest absolute Gasteiger partial charge is 0.123 e. The summed E-state index contributed by atoms with van der Waals surface area (Å²) in [4.78, 5) is 5.09. The van der Waals surface area contributed by atoms with E-state index in [4.69, 9.17) is 4.98 Å². The van der Waals surface area contributed by atoms with Crippen molar-refractivity contribution in [1.29, 1.82) is 0 Å². The van der Waals surface area contributed by atoms with Gasteiger partial charge in [-0.25, -0.2) is 4.39 Å². The summed E-state index contributed by atoms with van der Waals surface area (Å²) in [5, 5.41) is 10.3. The van der Waals surface area contributed by atoms with E-state index in [-0.39, 0.29) is 18.3 Å². The largest absolute Gasteiger partial charge is 0.392 e. The number of aromatic nitrogens is 1. The van der Waals surface area contributed by atoms with Gasteiger partial charge in [-0.15, -0.1) is 0 Å². The third kappa shape index (κ3) is 5.14. The molecule has 0 atom stereocenters. The van der Waals surface area contributed by atoms with Gasteiger partial charge in [0.15, 0.2) is 0 Å². The molecule has 0 aliphatic rings. The highest BCUT2D eigenvalue weighted by Gasteiger charge is 2.22. The van der Waals surface area contributed by atoms with Gasteiger partial charge in [0.05, 0.1) is 6.61 Å². The van der Waals surface area contributed by atoms with Gasteiger partial charge in [-0.1, -0.05) is 76.1 Å². The number of aliphatic hydroxyl groups is 1. The van der Waals surface area contributed by atoms with Gasteiger partial charge in [-0.2, -0.15) is 0 Å². The van der Waals surface area contributed by atoms with Crippen molar-refractivity contribution < 1.29 is 9.50 Å². The van der Waals surface area contributed by atoms with Gasteiger partial charge in [0, 0.05) is 23.4 Å². The summed E-state index contributed by atoms with van der Waals surface area (Å²) in [5.74, 6) is -0.0648. The van der Waals surface area contributed by atoms with E-state index in [1.807, 2.05) is 18.2 Å². The zero-order chi connectivity index (χ0) is 21.5. The quantitative estimate of drug-likeness (QED) is 0.396. The van der Waals surface area contributed by atoms with E-state index in [1.54, 1.807) is 0 Å². The van der Waals surface area contributed by atoms with Gasteiger partial charge in [-0.05, 0) is 53.1 Å². The number of pyridine rings is 1. The summed E-state index contributed by atoms with van der Waals surface area (Å²) in [6, 6.07) is 17.0. The van der Waals surface area contributed by atoms with Gasteiger partial charge in [0.25, 0.3) is 0 Å². The topological polar surface area (TPSA) is 33.1 Å². The number of halogens is 1. The molecule has 0 spiro atoms. The van der Waals surface area contributed by atoms with E-state index in [0.29, 0.717) is 0 Å². The van der Waals surface area contributed by atoms with Crippen molar-refractivity contribution in [3.05, 3.63) is 88.5 Å². The number of unbranched alkanes of at least 4 members (excludes halogenated alkanes) is 2. The van der Waals surface area contributed by atoms with Gasteiger partial charge < -0.3 is 5.11 Å². The van der Waals surface area contributed by atoms with E-state index in [9.17, 15) is 9.50 Å². The third-order valence-electron chi connectivity index (χ3n) is 5.60. The average molecular weight is 406 g/mol. The highest BCUT2D eigenvalue weighted by molar-refractivity contribution is 5.73. The van der Waals surface area contributed by atoms with E-state index >= 15 is 0 Å². The van der Waals surface area contributed by atoms with Gasteiger partial charge in [0.1, 0.15) is 5.82 Å². The van der Waals surface area contributed by atoms with Crippen molar-refractivity contribution >= 4 is 0 Å². The lowest BCUT2D eigenvalue weighted by atomic mass is 9.86. The second-order valence-corrected chi connectivity index (χ2v) is 8.22. The fourth-order valence-electron chi connectivity index (χ4n) is 4.09. The lowest BCUT2D eigenvalue weighted by Crippen LogP contribution is -2.12. The number of benzene rings is 2. The molecule has 0 saturated carbocycles. The molecule has 3 rings (SSSR count). The molecule has 158 valence electrons. The summed E-state index contributed by atoms with van der Waals surface area (Å²) in [6.45, 7) is 6.35. The van der Waals surface area contributed by atoms with E-state index in [0.717, 1.165) is 60.2 Å². The van der Waals surface area contributed by atoms with Crippen molar-refractivity contribution in [3.63, 3.8) is 0 Å². The Labute approximate surface area is 179 Å². The highest BCUT2D eigenvalue weighted by atomic mass is 19.1. The van der Waals surface area contributed by atoms with Crippen LogP contribution in [0.5, 0.6) is 0 Å². The number of aliphatic hydroxyl groups excluding tert-OH is 1. The van der Waals surface area contributed by atoms with E-state index < -0.39 is 0 Å². The first-order valence-corrected chi connectivity index (χ1v) is 11.0. The summed E-state index contributed by atoms with van der Waals surface area (Å²) in [6.07, 6.45) is 5.02. The number of hydrogen-bond donors (Lipinski definition) is 1. The lowest BCUT2D eigenvalue weighted by molar-refractivity contribution is 0.279. The Bertz CT molecular complexity index is 949. The molecule has 0 radical (unpaired) electrons. The van der Waals surface area contributed by atoms with Crippen LogP contribution in [0, 0.1) is 5.82 Å². The molecular weight excluding hydrogens is 373 g/mol. The predicted molar refractivity (Wildman–Crippen MR) is 122 cm³/mol. The van der Waals surface area contributed by atoms with E-state index in [2.05, 4.69) is 45.0 Å². The molecule has 30 heavy (non-hydrogen) atoms. The molecule has 0 saturated heterocycles. The van der Waals surface area contributed by atoms with Crippen LogP contribution < -0.4 is 0 Å². The molecule has 1 heterocycles. The minimum atomic E-state index is -0.250. The van der Waals surface area contributed by atoms with Crippen LogP contribution in [-0.4, -0.2) is 10.1 Å². The summed E-state index contributed by atoms with van der Waals surface area (Å²) in [7, 11) is 0. The van der Waals surface area contributed by atoms with Crippen LogP contribution in [0.15, 0.2) is 54.6 Å². The monoisotopic (exact) mass is 405 g/mol. The minimum absolute atomic E-state index is 0.0698. The van der Waals surface area contributed by atoms with Crippen molar-refractivity contribution in [2.75, 3.05) is 0 Å². The Morgan fingerprint density at radius 3 is 2.23 bits per heavy atom. The van der Waals surface area contributed by atoms with Gasteiger partial charge >= 0.3 is 0 Å². The molecule has 3 heteroatoms. The highest BCUT2D eigenvalue weighted by Crippen LogP contribution is 2.36. The molecule has 0 aliphatic carbocycles.